The molecular formula is C24H31N3O2. The zero-order valence-electron chi connectivity index (χ0n) is 17.2. The number of β-amino-alcohol motifs (C(OH)–C–C–N with tert-alkyl or cyclic N) is 1. The van der Waals surface area contributed by atoms with Crippen molar-refractivity contribution in [1.29, 1.82) is 0 Å². The second kappa shape index (κ2) is 9.06. The number of aromatic nitrogens is 1. The number of hydrogen-bond acceptors (Lipinski definition) is 5. The van der Waals surface area contributed by atoms with Crippen molar-refractivity contribution < 1.29 is 9.90 Å². The maximum atomic E-state index is 12.4. The van der Waals surface area contributed by atoms with Crippen LogP contribution >= 0.6 is 0 Å². The Hall–Kier alpha value is -2.24. The molecule has 0 spiro atoms. The number of benzene rings is 1. The Morgan fingerprint density at radius 2 is 1.86 bits per heavy atom. The molecule has 2 aliphatic rings. The van der Waals surface area contributed by atoms with Crippen LogP contribution < -0.4 is 10.2 Å². The zero-order chi connectivity index (χ0) is 20.2. The molecule has 4 rings (SSSR count). The molecule has 2 atom stereocenters. The first-order valence-electron chi connectivity index (χ1n) is 10.9. The fourth-order valence-corrected chi connectivity index (χ4v) is 4.65. The molecule has 1 aromatic heterocycles. The Balaban J connectivity index is 1.49. The minimum atomic E-state index is -0.457. The van der Waals surface area contributed by atoms with Gasteiger partial charge in [0, 0.05) is 36.9 Å². The number of carbonyl (C=O) groups is 1. The summed E-state index contributed by atoms with van der Waals surface area (Å²) in [6.45, 7) is 2.88. The van der Waals surface area contributed by atoms with Crippen LogP contribution in [0.4, 0.5) is 5.82 Å². The number of pyridine rings is 1. The highest BCUT2D eigenvalue weighted by molar-refractivity contribution is 6.00. The van der Waals surface area contributed by atoms with Crippen molar-refractivity contribution in [2.75, 3.05) is 18.0 Å². The number of anilines is 1. The van der Waals surface area contributed by atoms with Crippen molar-refractivity contribution in [2.24, 2.45) is 0 Å². The number of ketones is 1. The van der Waals surface area contributed by atoms with Crippen molar-refractivity contribution >= 4 is 11.6 Å². The highest BCUT2D eigenvalue weighted by Crippen LogP contribution is 2.28. The predicted octanol–water partition coefficient (Wildman–Crippen LogP) is 3.81. The second-order valence-electron chi connectivity index (χ2n) is 8.43. The van der Waals surface area contributed by atoms with Gasteiger partial charge in [-0.3, -0.25) is 4.79 Å². The van der Waals surface area contributed by atoms with Crippen LogP contribution in [-0.4, -0.2) is 47.2 Å². The summed E-state index contributed by atoms with van der Waals surface area (Å²) >= 11 is 0. The lowest BCUT2D eigenvalue weighted by Gasteiger charge is -2.39. The Labute approximate surface area is 173 Å². The van der Waals surface area contributed by atoms with E-state index in [9.17, 15) is 9.90 Å². The van der Waals surface area contributed by atoms with E-state index < -0.39 is 6.10 Å². The standard InChI is InChI=1S/C24H31N3O2/c1-17(28)21-14-19(18-8-4-2-5-9-18)15-25-24(21)27-13-12-22(23(29)16-27)26-20-10-6-3-7-11-20/h2,4-5,8-9,14-15,20,22-23,26,29H,3,6-7,10-13,16H2,1H3/t22-,23-/m1/s1. The van der Waals surface area contributed by atoms with Gasteiger partial charge in [-0.15, -0.1) is 0 Å². The number of rotatable bonds is 5. The summed E-state index contributed by atoms with van der Waals surface area (Å²) in [5.41, 5.74) is 2.61. The monoisotopic (exact) mass is 393 g/mol. The topological polar surface area (TPSA) is 65.5 Å². The molecule has 1 aliphatic carbocycles. The van der Waals surface area contributed by atoms with E-state index in [1.165, 1.54) is 32.1 Å². The summed E-state index contributed by atoms with van der Waals surface area (Å²) in [7, 11) is 0. The first kappa shape index (κ1) is 20.0. The van der Waals surface area contributed by atoms with Gasteiger partial charge in [-0.2, -0.15) is 0 Å². The smallest absolute Gasteiger partial charge is 0.163 e. The van der Waals surface area contributed by atoms with E-state index in [1.807, 2.05) is 42.6 Å². The number of carbonyl (C=O) groups excluding carboxylic acids is 1. The molecule has 1 aliphatic heterocycles. The summed E-state index contributed by atoms with van der Waals surface area (Å²) in [5.74, 6) is 0.689. The third-order valence-corrected chi connectivity index (χ3v) is 6.29. The van der Waals surface area contributed by atoms with Crippen LogP contribution in [0.1, 0.15) is 55.8 Å². The number of aliphatic hydroxyl groups is 1. The summed E-state index contributed by atoms with van der Waals surface area (Å²) < 4.78 is 0. The van der Waals surface area contributed by atoms with Crippen molar-refractivity contribution in [3.8, 4) is 11.1 Å². The zero-order valence-corrected chi connectivity index (χ0v) is 17.2. The van der Waals surface area contributed by atoms with E-state index in [0.717, 1.165) is 24.1 Å². The fraction of sp³-hybridized carbons (Fsp3) is 0.500. The molecule has 5 nitrogen and oxygen atoms in total. The van der Waals surface area contributed by atoms with Gasteiger partial charge < -0.3 is 15.3 Å². The lowest BCUT2D eigenvalue weighted by atomic mass is 9.92. The highest BCUT2D eigenvalue weighted by Gasteiger charge is 2.31. The quantitative estimate of drug-likeness (QED) is 0.756. The van der Waals surface area contributed by atoms with Crippen LogP contribution in [0, 0.1) is 0 Å². The predicted molar refractivity (Wildman–Crippen MR) is 116 cm³/mol. The van der Waals surface area contributed by atoms with Crippen LogP contribution in [0.15, 0.2) is 42.6 Å². The maximum Gasteiger partial charge on any atom is 0.163 e. The molecule has 0 unspecified atom stereocenters. The fourth-order valence-electron chi connectivity index (χ4n) is 4.65. The van der Waals surface area contributed by atoms with Crippen LogP contribution in [0.2, 0.25) is 0 Å². The van der Waals surface area contributed by atoms with E-state index in [2.05, 4.69) is 15.2 Å². The first-order valence-corrected chi connectivity index (χ1v) is 10.9. The molecule has 1 saturated heterocycles. The third-order valence-electron chi connectivity index (χ3n) is 6.29. The van der Waals surface area contributed by atoms with Gasteiger partial charge in [0.1, 0.15) is 5.82 Å². The van der Waals surface area contributed by atoms with Crippen LogP contribution in [0.5, 0.6) is 0 Å². The Morgan fingerprint density at radius 3 is 2.55 bits per heavy atom. The van der Waals surface area contributed by atoms with Crippen molar-refractivity contribution in [1.82, 2.24) is 10.3 Å². The summed E-state index contributed by atoms with van der Waals surface area (Å²) in [5, 5.41) is 14.5. The molecule has 2 N–H and O–H groups in total. The van der Waals surface area contributed by atoms with E-state index in [4.69, 9.17) is 0 Å². The number of Topliss-reactive ketones (excluding diaryl/α,β-unsaturated/α-hetero) is 1. The van der Waals surface area contributed by atoms with Crippen LogP contribution in [-0.2, 0) is 0 Å². The van der Waals surface area contributed by atoms with Gasteiger partial charge in [-0.1, -0.05) is 49.6 Å². The number of aliphatic hydroxyl groups excluding tert-OH is 1. The van der Waals surface area contributed by atoms with Crippen molar-refractivity contribution in [3.63, 3.8) is 0 Å². The number of nitrogens with one attached hydrogen (secondary N) is 1. The molecule has 5 heteroatoms. The van der Waals surface area contributed by atoms with E-state index in [1.54, 1.807) is 6.92 Å². The molecule has 1 aromatic carbocycles. The van der Waals surface area contributed by atoms with E-state index in [0.29, 0.717) is 24.0 Å². The molecule has 2 heterocycles. The summed E-state index contributed by atoms with van der Waals surface area (Å²) in [4.78, 5) is 19.1. The van der Waals surface area contributed by atoms with E-state index >= 15 is 0 Å². The lowest BCUT2D eigenvalue weighted by Crippen LogP contribution is -2.55. The average Bonchev–Trinajstić information content (AvgIpc) is 2.76. The van der Waals surface area contributed by atoms with Gasteiger partial charge in [0.2, 0.25) is 0 Å². The molecule has 2 aromatic rings. The molecule has 29 heavy (non-hydrogen) atoms. The van der Waals surface area contributed by atoms with E-state index in [-0.39, 0.29) is 11.8 Å². The van der Waals surface area contributed by atoms with Crippen LogP contribution in [0.25, 0.3) is 11.1 Å². The normalized spacial score (nSPS) is 23.2. The molecule has 0 amide bonds. The lowest BCUT2D eigenvalue weighted by molar-refractivity contribution is 0.0997. The average molecular weight is 394 g/mol. The number of nitrogens with zero attached hydrogens (tertiary/aromatic N) is 2. The molecular weight excluding hydrogens is 362 g/mol. The van der Waals surface area contributed by atoms with Gasteiger partial charge in [0.15, 0.2) is 5.78 Å². The number of piperidine rings is 1. The first-order chi connectivity index (χ1) is 14.1. The maximum absolute atomic E-state index is 12.4. The van der Waals surface area contributed by atoms with Gasteiger partial charge in [0.25, 0.3) is 0 Å². The Bertz CT molecular complexity index is 833. The minimum absolute atomic E-state index is 0.00206. The summed E-state index contributed by atoms with van der Waals surface area (Å²) in [6.07, 6.45) is 8.55. The highest BCUT2D eigenvalue weighted by atomic mass is 16.3. The van der Waals surface area contributed by atoms with Crippen molar-refractivity contribution in [2.45, 2.75) is 63.6 Å². The Kier molecular flexibility index (Phi) is 6.26. The van der Waals surface area contributed by atoms with Crippen molar-refractivity contribution in [3.05, 3.63) is 48.2 Å². The number of hydrogen-bond donors (Lipinski definition) is 2. The third kappa shape index (κ3) is 4.68. The molecule has 0 radical (unpaired) electrons. The summed E-state index contributed by atoms with van der Waals surface area (Å²) in [6, 6.07) is 12.6. The second-order valence-corrected chi connectivity index (χ2v) is 8.43. The molecule has 1 saturated carbocycles. The Morgan fingerprint density at radius 1 is 1.10 bits per heavy atom. The molecule has 154 valence electrons. The molecule has 0 bridgehead atoms. The SMILES string of the molecule is CC(=O)c1cc(-c2ccccc2)cnc1N1CC[C@@H](NC2CCCCC2)[C@H](O)C1. The van der Waals surface area contributed by atoms with Gasteiger partial charge in [0.05, 0.1) is 11.7 Å². The van der Waals surface area contributed by atoms with Gasteiger partial charge in [-0.25, -0.2) is 4.98 Å². The van der Waals surface area contributed by atoms with Gasteiger partial charge >= 0.3 is 0 Å². The minimum Gasteiger partial charge on any atom is -0.390 e. The molecule has 2 fully saturated rings. The van der Waals surface area contributed by atoms with Gasteiger partial charge in [-0.05, 0) is 37.8 Å². The largest absolute Gasteiger partial charge is 0.390 e. The van der Waals surface area contributed by atoms with Crippen LogP contribution in [0.3, 0.4) is 0 Å².